The fourth-order valence-corrected chi connectivity index (χ4v) is 3.01. The molecule has 0 fully saturated rings. The van der Waals surface area contributed by atoms with Crippen LogP contribution >= 0.6 is 0 Å². The maximum atomic E-state index is 11.8. The molecule has 0 aromatic carbocycles. The molecule has 0 radical (unpaired) electrons. The molecule has 2 atom stereocenters. The first-order chi connectivity index (χ1) is 10.1. The summed E-state index contributed by atoms with van der Waals surface area (Å²) >= 11 is 0. The molecule has 0 aliphatic heterocycles. The molecule has 0 saturated carbocycles. The minimum absolute atomic E-state index is 0.00995. The number of rotatable bonds is 14. The normalized spacial score (nSPS) is 13.9. The second-order valence-corrected chi connectivity index (χ2v) is 6.63. The van der Waals surface area contributed by atoms with Crippen molar-refractivity contribution in [1.82, 2.24) is 0 Å². The Morgan fingerprint density at radius 3 is 2.19 bits per heavy atom. The zero-order valence-corrected chi connectivity index (χ0v) is 15.0. The van der Waals surface area contributed by atoms with Crippen molar-refractivity contribution in [2.24, 2.45) is 11.8 Å². The lowest BCUT2D eigenvalue weighted by molar-refractivity contribution is -0.145. The molecule has 0 rings (SSSR count). The topological polar surface area (TPSA) is 26.3 Å². The Balaban J connectivity index is 3.81. The van der Waals surface area contributed by atoms with Gasteiger partial charge in [-0.3, -0.25) is 4.79 Å². The minimum atomic E-state index is 0.00995. The largest absolute Gasteiger partial charge is 0.465 e. The van der Waals surface area contributed by atoms with Crippen LogP contribution in [-0.4, -0.2) is 12.6 Å². The maximum Gasteiger partial charge on any atom is 0.305 e. The third-order valence-corrected chi connectivity index (χ3v) is 4.18. The van der Waals surface area contributed by atoms with Gasteiger partial charge < -0.3 is 4.74 Å². The molecule has 2 unspecified atom stereocenters. The van der Waals surface area contributed by atoms with Crippen LogP contribution in [0.5, 0.6) is 0 Å². The summed E-state index contributed by atoms with van der Waals surface area (Å²) in [4.78, 5) is 11.8. The predicted octanol–water partition coefficient (Wildman–Crippen LogP) is 6.13. The van der Waals surface area contributed by atoms with Crippen LogP contribution in [0.2, 0.25) is 0 Å². The van der Waals surface area contributed by atoms with Gasteiger partial charge in [0.2, 0.25) is 0 Å². The lowest BCUT2D eigenvalue weighted by atomic mass is 9.90. The van der Waals surface area contributed by atoms with Gasteiger partial charge in [-0.2, -0.15) is 0 Å². The van der Waals surface area contributed by atoms with Gasteiger partial charge in [-0.1, -0.05) is 72.6 Å². The van der Waals surface area contributed by atoms with Crippen LogP contribution in [0.25, 0.3) is 0 Å². The van der Waals surface area contributed by atoms with Crippen LogP contribution in [-0.2, 0) is 9.53 Å². The summed E-state index contributed by atoms with van der Waals surface area (Å²) in [5.74, 6) is 1.32. The molecular weight excluding hydrogens is 260 g/mol. The number of hydrogen-bond donors (Lipinski definition) is 0. The third-order valence-electron chi connectivity index (χ3n) is 4.18. The van der Waals surface area contributed by atoms with E-state index in [0.29, 0.717) is 18.9 Å². The van der Waals surface area contributed by atoms with E-state index in [1.54, 1.807) is 0 Å². The van der Waals surface area contributed by atoms with E-state index >= 15 is 0 Å². The molecule has 0 heterocycles. The van der Waals surface area contributed by atoms with Gasteiger partial charge >= 0.3 is 5.97 Å². The number of hydrogen-bond acceptors (Lipinski definition) is 2. The fraction of sp³-hybridized carbons (Fsp3) is 0.947. The summed E-state index contributed by atoms with van der Waals surface area (Å²) in [6.45, 7) is 9.62. The molecule has 2 nitrogen and oxygen atoms in total. The van der Waals surface area contributed by atoms with Gasteiger partial charge in [0.15, 0.2) is 0 Å². The quantitative estimate of drug-likeness (QED) is 0.285. The Morgan fingerprint density at radius 2 is 1.57 bits per heavy atom. The molecule has 0 aromatic rings. The number of carbonyl (C=O) groups is 1. The molecule has 2 heteroatoms. The molecule has 126 valence electrons. The van der Waals surface area contributed by atoms with Gasteiger partial charge in [0.05, 0.1) is 6.61 Å². The Labute approximate surface area is 133 Å². The summed E-state index contributed by atoms with van der Waals surface area (Å²) in [7, 11) is 0. The van der Waals surface area contributed by atoms with Crippen molar-refractivity contribution in [3.05, 3.63) is 0 Å². The minimum Gasteiger partial charge on any atom is -0.465 e. The monoisotopic (exact) mass is 298 g/mol. The number of carbonyl (C=O) groups excluding carboxylic acids is 1. The lowest BCUT2D eigenvalue weighted by Crippen LogP contribution is -2.16. The highest BCUT2D eigenvalue weighted by atomic mass is 16.5. The second kappa shape index (κ2) is 14.4. The van der Waals surface area contributed by atoms with E-state index in [4.69, 9.17) is 4.74 Å². The smallest absolute Gasteiger partial charge is 0.305 e. The molecule has 0 aliphatic rings. The SMILES string of the molecule is CCCCCCCC(=O)OCC(CCC)CC(C)CCC. The van der Waals surface area contributed by atoms with E-state index in [-0.39, 0.29) is 5.97 Å². The predicted molar refractivity (Wildman–Crippen MR) is 91.4 cm³/mol. The van der Waals surface area contributed by atoms with Gasteiger partial charge in [-0.25, -0.2) is 0 Å². The second-order valence-electron chi connectivity index (χ2n) is 6.63. The van der Waals surface area contributed by atoms with Crippen molar-refractivity contribution in [3.63, 3.8) is 0 Å². The highest BCUT2D eigenvalue weighted by molar-refractivity contribution is 5.69. The molecule has 0 saturated heterocycles. The van der Waals surface area contributed by atoms with E-state index in [1.807, 2.05) is 0 Å². The van der Waals surface area contributed by atoms with E-state index in [9.17, 15) is 4.79 Å². The van der Waals surface area contributed by atoms with Crippen molar-refractivity contribution in [2.75, 3.05) is 6.61 Å². The van der Waals surface area contributed by atoms with E-state index in [2.05, 4.69) is 27.7 Å². The van der Waals surface area contributed by atoms with Gasteiger partial charge in [0.1, 0.15) is 0 Å². The fourth-order valence-electron chi connectivity index (χ4n) is 3.01. The maximum absolute atomic E-state index is 11.8. The van der Waals surface area contributed by atoms with E-state index in [0.717, 1.165) is 18.8 Å². The average Bonchev–Trinajstić information content (AvgIpc) is 2.45. The van der Waals surface area contributed by atoms with Crippen LogP contribution in [0.3, 0.4) is 0 Å². The average molecular weight is 299 g/mol. The Kier molecular flexibility index (Phi) is 14.0. The number of esters is 1. The molecule has 0 bridgehead atoms. The van der Waals surface area contributed by atoms with Gasteiger partial charge in [-0.05, 0) is 31.1 Å². The molecule has 0 spiro atoms. The van der Waals surface area contributed by atoms with Crippen molar-refractivity contribution >= 4 is 5.97 Å². The highest BCUT2D eigenvalue weighted by Gasteiger charge is 2.14. The first kappa shape index (κ1) is 20.5. The van der Waals surface area contributed by atoms with E-state index in [1.165, 1.54) is 51.4 Å². The molecule has 21 heavy (non-hydrogen) atoms. The summed E-state index contributed by atoms with van der Waals surface area (Å²) in [6, 6.07) is 0. The first-order valence-corrected chi connectivity index (χ1v) is 9.29. The zero-order valence-electron chi connectivity index (χ0n) is 15.0. The van der Waals surface area contributed by atoms with Crippen LogP contribution < -0.4 is 0 Å². The van der Waals surface area contributed by atoms with Crippen molar-refractivity contribution in [2.45, 2.75) is 98.3 Å². The van der Waals surface area contributed by atoms with Crippen LogP contribution in [0, 0.1) is 11.8 Å². The van der Waals surface area contributed by atoms with Crippen LogP contribution in [0.4, 0.5) is 0 Å². The first-order valence-electron chi connectivity index (χ1n) is 9.29. The third kappa shape index (κ3) is 12.9. The Morgan fingerprint density at radius 1 is 0.905 bits per heavy atom. The van der Waals surface area contributed by atoms with Gasteiger partial charge in [0.25, 0.3) is 0 Å². The van der Waals surface area contributed by atoms with Gasteiger partial charge in [-0.15, -0.1) is 0 Å². The Bertz CT molecular complexity index is 238. The van der Waals surface area contributed by atoms with Crippen LogP contribution in [0.1, 0.15) is 98.3 Å². The molecule has 0 aliphatic carbocycles. The molecular formula is C19H38O2. The van der Waals surface area contributed by atoms with Crippen molar-refractivity contribution < 1.29 is 9.53 Å². The highest BCUT2D eigenvalue weighted by Crippen LogP contribution is 2.21. The van der Waals surface area contributed by atoms with Gasteiger partial charge in [0, 0.05) is 6.42 Å². The lowest BCUT2D eigenvalue weighted by Gasteiger charge is -2.20. The molecule has 0 amide bonds. The van der Waals surface area contributed by atoms with Crippen LogP contribution in [0.15, 0.2) is 0 Å². The standard InChI is InChI=1S/C19H38O2/c1-5-8-9-10-11-14-19(20)21-16-18(13-7-3)15-17(4)12-6-2/h17-18H,5-16H2,1-4H3. The number of unbranched alkanes of at least 4 members (excludes halogenated alkanes) is 4. The summed E-state index contributed by atoms with van der Waals surface area (Å²) in [6.07, 6.45) is 12.6. The summed E-state index contributed by atoms with van der Waals surface area (Å²) in [5.41, 5.74) is 0. The molecule has 0 N–H and O–H groups in total. The summed E-state index contributed by atoms with van der Waals surface area (Å²) in [5, 5.41) is 0. The number of ether oxygens (including phenoxy) is 1. The zero-order chi connectivity index (χ0) is 15.9. The summed E-state index contributed by atoms with van der Waals surface area (Å²) < 4.78 is 5.50. The van der Waals surface area contributed by atoms with E-state index < -0.39 is 0 Å². The molecule has 0 aromatic heterocycles. The Hall–Kier alpha value is -0.530. The van der Waals surface area contributed by atoms with Crippen molar-refractivity contribution in [1.29, 1.82) is 0 Å². The van der Waals surface area contributed by atoms with Crippen molar-refractivity contribution in [3.8, 4) is 0 Å².